The Bertz CT molecular complexity index is 992. The summed E-state index contributed by atoms with van der Waals surface area (Å²) >= 11 is 0. The Hall–Kier alpha value is -3.29. The maximum atomic E-state index is 13.2. The number of amides is 4. The molecule has 1 aromatic heterocycles. The fourth-order valence-corrected chi connectivity index (χ4v) is 3.83. The molecule has 1 atom stereocenters. The van der Waals surface area contributed by atoms with E-state index >= 15 is 0 Å². The van der Waals surface area contributed by atoms with Gasteiger partial charge in [0.2, 0.25) is 5.91 Å². The van der Waals surface area contributed by atoms with E-state index in [2.05, 4.69) is 15.6 Å². The second kappa shape index (κ2) is 7.27. The molecule has 0 bridgehead atoms. The van der Waals surface area contributed by atoms with Crippen LogP contribution in [0.3, 0.4) is 0 Å². The van der Waals surface area contributed by atoms with Gasteiger partial charge in [0, 0.05) is 6.20 Å². The maximum absolute atomic E-state index is 13.2. The van der Waals surface area contributed by atoms with Crippen LogP contribution in [0.2, 0.25) is 0 Å². The van der Waals surface area contributed by atoms with Crippen LogP contribution in [-0.4, -0.2) is 34.3 Å². The first kappa shape index (κ1) is 19.0. The van der Waals surface area contributed by atoms with E-state index in [0.717, 1.165) is 30.6 Å². The van der Waals surface area contributed by atoms with Crippen LogP contribution in [0.4, 0.5) is 15.0 Å². The van der Waals surface area contributed by atoms with Gasteiger partial charge in [0.25, 0.3) is 5.91 Å². The van der Waals surface area contributed by atoms with Crippen molar-refractivity contribution in [2.45, 2.75) is 38.1 Å². The van der Waals surface area contributed by atoms with Gasteiger partial charge in [-0.15, -0.1) is 0 Å². The zero-order valence-electron chi connectivity index (χ0n) is 16.0. The number of aromatic nitrogens is 1. The Kier molecular flexibility index (Phi) is 4.77. The highest BCUT2D eigenvalue weighted by Gasteiger charge is 2.49. The molecule has 1 aromatic carbocycles. The lowest BCUT2D eigenvalue weighted by atomic mass is 9.92. The topological polar surface area (TPSA) is 91.4 Å². The summed E-state index contributed by atoms with van der Waals surface area (Å²) in [6, 6.07) is 6.49. The van der Waals surface area contributed by atoms with Crippen molar-refractivity contribution in [3.63, 3.8) is 0 Å². The molecule has 1 aliphatic heterocycles. The number of carbonyl (C=O) groups is 3. The molecule has 4 amide bonds. The highest BCUT2D eigenvalue weighted by molar-refractivity contribution is 6.10. The first-order valence-corrected chi connectivity index (χ1v) is 9.54. The lowest BCUT2D eigenvalue weighted by Crippen LogP contribution is -2.42. The summed E-state index contributed by atoms with van der Waals surface area (Å²) in [5, 5.41) is 5.26. The largest absolute Gasteiger partial charge is 0.325 e. The fraction of sp³-hybridized carbons (Fsp3) is 0.333. The summed E-state index contributed by atoms with van der Waals surface area (Å²) in [6.45, 7) is 1.10. The van der Waals surface area contributed by atoms with Gasteiger partial charge < -0.3 is 10.6 Å². The van der Waals surface area contributed by atoms with E-state index in [1.54, 1.807) is 6.20 Å². The van der Waals surface area contributed by atoms with Crippen molar-refractivity contribution in [3.05, 3.63) is 59.0 Å². The van der Waals surface area contributed by atoms with Crippen LogP contribution in [0, 0.1) is 5.82 Å². The quantitative estimate of drug-likeness (QED) is 0.777. The summed E-state index contributed by atoms with van der Waals surface area (Å²) in [5.41, 5.74) is 1.45. The Labute approximate surface area is 167 Å². The summed E-state index contributed by atoms with van der Waals surface area (Å²) in [7, 11) is 0. The molecule has 0 radical (unpaired) electrons. The third-order valence-corrected chi connectivity index (χ3v) is 5.49. The molecule has 4 rings (SSSR count). The molecule has 1 aliphatic carbocycles. The number of benzene rings is 1. The smallest absolute Gasteiger partial charge is 0.319 e. The number of urea groups is 1. The molecule has 29 heavy (non-hydrogen) atoms. The molecule has 1 saturated heterocycles. The van der Waals surface area contributed by atoms with Crippen LogP contribution >= 0.6 is 0 Å². The zero-order valence-corrected chi connectivity index (χ0v) is 16.0. The molecule has 0 saturated carbocycles. The highest BCUT2D eigenvalue weighted by Crippen LogP contribution is 2.29. The maximum Gasteiger partial charge on any atom is 0.325 e. The molecule has 0 spiro atoms. The van der Waals surface area contributed by atoms with Crippen LogP contribution in [0.1, 0.15) is 36.5 Å². The molecule has 2 N–H and O–H groups in total. The molecule has 8 heteroatoms. The van der Waals surface area contributed by atoms with Gasteiger partial charge in [-0.1, -0.05) is 12.1 Å². The number of nitrogens with one attached hydrogen (secondary N) is 2. The Balaban J connectivity index is 1.46. The van der Waals surface area contributed by atoms with Crippen LogP contribution in [0.25, 0.3) is 0 Å². The standard InChI is InChI=1S/C21H21FN4O3/c1-21(15-6-8-16(22)9-7-15)19(28)26(20(29)25-21)12-18(27)24-17-10-13-4-2-3-5-14(13)11-23-17/h6-11H,2-5,12H2,1H3,(H,25,29)(H,23,24,27). The molecule has 1 fully saturated rings. The number of hydrogen-bond donors (Lipinski definition) is 2. The first-order valence-electron chi connectivity index (χ1n) is 9.54. The Morgan fingerprint density at radius 1 is 1.21 bits per heavy atom. The predicted octanol–water partition coefficient (Wildman–Crippen LogP) is 2.51. The molecular weight excluding hydrogens is 375 g/mol. The van der Waals surface area contributed by atoms with E-state index in [9.17, 15) is 18.8 Å². The summed E-state index contributed by atoms with van der Waals surface area (Å²) < 4.78 is 13.2. The lowest BCUT2D eigenvalue weighted by molar-refractivity contribution is -0.133. The average Bonchev–Trinajstić information content (AvgIpc) is 2.92. The average molecular weight is 396 g/mol. The second-order valence-corrected chi connectivity index (χ2v) is 7.55. The number of carbonyl (C=O) groups excluding carboxylic acids is 3. The first-order chi connectivity index (χ1) is 13.9. The minimum atomic E-state index is -1.35. The van der Waals surface area contributed by atoms with Gasteiger partial charge in [-0.3, -0.25) is 14.5 Å². The minimum Gasteiger partial charge on any atom is -0.319 e. The minimum absolute atomic E-state index is 0.406. The summed E-state index contributed by atoms with van der Waals surface area (Å²) in [4.78, 5) is 42.8. The van der Waals surface area contributed by atoms with Crippen LogP contribution in [0.15, 0.2) is 36.5 Å². The number of halogens is 1. The molecule has 7 nitrogen and oxygen atoms in total. The van der Waals surface area contributed by atoms with Gasteiger partial charge in [-0.25, -0.2) is 14.2 Å². The van der Waals surface area contributed by atoms with Crippen molar-refractivity contribution in [2.24, 2.45) is 0 Å². The number of aryl methyl sites for hydroxylation is 2. The number of hydrogen-bond acceptors (Lipinski definition) is 4. The fourth-order valence-electron chi connectivity index (χ4n) is 3.83. The third-order valence-electron chi connectivity index (χ3n) is 5.49. The molecule has 150 valence electrons. The molecule has 1 unspecified atom stereocenters. The number of anilines is 1. The van der Waals surface area contributed by atoms with Crippen LogP contribution in [0.5, 0.6) is 0 Å². The van der Waals surface area contributed by atoms with Crippen molar-refractivity contribution in [3.8, 4) is 0 Å². The van der Waals surface area contributed by atoms with Gasteiger partial charge in [-0.05, 0) is 67.5 Å². The van der Waals surface area contributed by atoms with Crippen molar-refractivity contribution in [1.82, 2.24) is 15.2 Å². The number of nitrogens with zero attached hydrogens (tertiary/aromatic N) is 2. The number of rotatable bonds is 4. The molecule has 2 aliphatic rings. The molecule has 2 aromatic rings. The summed E-state index contributed by atoms with van der Waals surface area (Å²) in [5.74, 6) is -1.12. The number of fused-ring (bicyclic) bond motifs is 1. The predicted molar refractivity (Wildman–Crippen MR) is 104 cm³/mol. The second-order valence-electron chi connectivity index (χ2n) is 7.55. The Morgan fingerprint density at radius 2 is 1.90 bits per heavy atom. The van der Waals surface area contributed by atoms with Gasteiger partial charge in [0.1, 0.15) is 23.7 Å². The van der Waals surface area contributed by atoms with Gasteiger partial charge in [-0.2, -0.15) is 0 Å². The highest BCUT2D eigenvalue weighted by atomic mass is 19.1. The normalized spacial score (nSPS) is 21.0. The zero-order chi connectivity index (χ0) is 20.6. The van der Waals surface area contributed by atoms with Gasteiger partial charge >= 0.3 is 6.03 Å². The van der Waals surface area contributed by atoms with E-state index in [1.165, 1.54) is 42.3 Å². The third kappa shape index (κ3) is 3.57. The van der Waals surface area contributed by atoms with Crippen LogP contribution in [-0.2, 0) is 28.0 Å². The molecule has 2 heterocycles. The van der Waals surface area contributed by atoms with Gasteiger partial charge in [0.15, 0.2) is 0 Å². The van der Waals surface area contributed by atoms with Crippen molar-refractivity contribution in [1.29, 1.82) is 0 Å². The number of pyridine rings is 1. The van der Waals surface area contributed by atoms with Crippen molar-refractivity contribution >= 4 is 23.7 Å². The van der Waals surface area contributed by atoms with E-state index in [1.807, 2.05) is 6.07 Å². The lowest BCUT2D eigenvalue weighted by Gasteiger charge is -2.22. The van der Waals surface area contributed by atoms with Gasteiger partial charge in [0.05, 0.1) is 0 Å². The SMILES string of the molecule is CC1(c2ccc(F)cc2)NC(=O)N(CC(=O)Nc2cc3c(cn2)CCCC3)C1=O. The van der Waals surface area contributed by atoms with E-state index in [4.69, 9.17) is 0 Å². The Morgan fingerprint density at radius 3 is 2.62 bits per heavy atom. The van der Waals surface area contributed by atoms with E-state index < -0.39 is 35.7 Å². The van der Waals surface area contributed by atoms with E-state index in [-0.39, 0.29) is 0 Å². The van der Waals surface area contributed by atoms with E-state index in [0.29, 0.717) is 11.4 Å². The summed E-state index contributed by atoms with van der Waals surface area (Å²) in [6.07, 6.45) is 5.95. The van der Waals surface area contributed by atoms with Crippen molar-refractivity contribution in [2.75, 3.05) is 11.9 Å². The van der Waals surface area contributed by atoms with Crippen molar-refractivity contribution < 1.29 is 18.8 Å². The molecular formula is C21H21FN4O3. The van der Waals surface area contributed by atoms with Crippen LogP contribution < -0.4 is 10.6 Å². The number of imide groups is 1. The monoisotopic (exact) mass is 396 g/mol.